The molecule has 4 nitrogen and oxygen atoms in total. The molecule has 16 heavy (non-hydrogen) atoms. The van der Waals surface area contributed by atoms with Crippen molar-refractivity contribution in [3.05, 3.63) is 11.9 Å². The van der Waals surface area contributed by atoms with Crippen LogP contribution in [0.5, 0.6) is 5.88 Å². The third-order valence-corrected chi connectivity index (χ3v) is 2.41. The lowest BCUT2D eigenvalue weighted by Crippen LogP contribution is -2.17. The van der Waals surface area contributed by atoms with E-state index < -0.39 is 0 Å². The van der Waals surface area contributed by atoms with Crippen molar-refractivity contribution < 1.29 is 4.74 Å². The first-order chi connectivity index (χ1) is 7.54. The first-order valence-corrected chi connectivity index (χ1v) is 5.80. The van der Waals surface area contributed by atoms with Crippen molar-refractivity contribution >= 4 is 5.82 Å². The zero-order chi connectivity index (χ0) is 12.1. The van der Waals surface area contributed by atoms with Crippen LogP contribution in [0.15, 0.2) is 6.33 Å². The Morgan fingerprint density at radius 1 is 1.31 bits per heavy atom. The molecule has 1 heterocycles. The molecule has 0 saturated heterocycles. The Morgan fingerprint density at radius 3 is 2.56 bits per heavy atom. The molecule has 90 valence electrons. The quantitative estimate of drug-likeness (QED) is 0.832. The van der Waals surface area contributed by atoms with Gasteiger partial charge in [0.05, 0.1) is 11.7 Å². The van der Waals surface area contributed by atoms with Gasteiger partial charge >= 0.3 is 0 Å². The van der Waals surface area contributed by atoms with Crippen LogP contribution in [-0.2, 0) is 6.42 Å². The Bertz CT molecular complexity index is 339. The van der Waals surface area contributed by atoms with Gasteiger partial charge in [0.1, 0.15) is 12.1 Å². The van der Waals surface area contributed by atoms with Crippen LogP contribution in [-0.4, -0.2) is 16.1 Å². The fourth-order valence-corrected chi connectivity index (χ4v) is 1.75. The summed E-state index contributed by atoms with van der Waals surface area (Å²) in [7, 11) is 0. The lowest BCUT2D eigenvalue weighted by Gasteiger charge is -2.17. The largest absolute Gasteiger partial charge is 0.474 e. The van der Waals surface area contributed by atoms with Gasteiger partial charge in [0.2, 0.25) is 5.88 Å². The molecule has 1 rings (SSSR count). The van der Waals surface area contributed by atoms with E-state index in [4.69, 9.17) is 10.5 Å². The zero-order valence-electron chi connectivity index (χ0n) is 10.5. The fourth-order valence-electron chi connectivity index (χ4n) is 1.75. The van der Waals surface area contributed by atoms with Gasteiger partial charge in [-0.2, -0.15) is 0 Å². The molecule has 0 aliphatic rings. The van der Waals surface area contributed by atoms with E-state index in [1.165, 1.54) is 6.33 Å². The highest BCUT2D eigenvalue weighted by atomic mass is 16.5. The van der Waals surface area contributed by atoms with E-state index >= 15 is 0 Å². The predicted octanol–water partition coefficient (Wildman–Crippen LogP) is 2.43. The molecule has 1 unspecified atom stereocenters. The van der Waals surface area contributed by atoms with E-state index in [1.807, 2.05) is 6.92 Å². The molecule has 1 aromatic heterocycles. The molecule has 0 saturated carbocycles. The molecule has 0 aliphatic carbocycles. The summed E-state index contributed by atoms with van der Waals surface area (Å²) in [6.07, 6.45) is 3.40. The lowest BCUT2D eigenvalue weighted by molar-refractivity contribution is 0.183. The summed E-state index contributed by atoms with van der Waals surface area (Å²) in [4.78, 5) is 8.11. The highest BCUT2D eigenvalue weighted by molar-refractivity contribution is 5.44. The van der Waals surface area contributed by atoms with Crippen molar-refractivity contribution in [1.29, 1.82) is 0 Å². The van der Waals surface area contributed by atoms with Gasteiger partial charge in [0.15, 0.2) is 0 Å². The van der Waals surface area contributed by atoms with Gasteiger partial charge in [0, 0.05) is 0 Å². The van der Waals surface area contributed by atoms with Gasteiger partial charge in [-0.3, -0.25) is 0 Å². The second kappa shape index (κ2) is 5.68. The summed E-state index contributed by atoms with van der Waals surface area (Å²) in [6.45, 7) is 8.43. The third-order valence-electron chi connectivity index (χ3n) is 2.41. The van der Waals surface area contributed by atoms with E-state index in [-0.39, 0.29) is 6.10 Å². The highest BCUT2D eigenvalue weighted by Crippen LogP contribution is 2.22. The number of nitrogen functional groups attached to an aromatic ring is 1. The van der Waals surface area contributed by atoms with Crippen LogP contribution in [0.1, 0.15) is 39.7 Å². The summed E-state index contributed by atoms with van der Waals surface area (Å²) in [5.41, 5.74) is 6.68. The lowest BCUT2D eigenvalue weighted by atomic mass is 10.1. The molecule has 1 aromatic rings. The number of aromatic nitrogens is 2. The Kier molecular flexibility index (Phi) is 4.52. The maximum absolute atomic E-state index is 5.80. The molecule has 4 heteroatoms. The summed E-state index contributed by atoms with van der Waals surface area (Å²) in [5, 5.41) is 0. The average molecular weight is 223 g/mol. The van der Waals surface area contributed by atoms with E-state index in [0.717, 1.165) is 18.4 Å². The highest BCUT2D eigenvalue weighted by Gasteiger charge is 2.12. The van der Waals surface area contributed by atoms with Crippen LogP contribution in [0, 0.1) is 5.92 Å². The van der Waals surface area contributed by atoms with Gasteiger partial charge in [-0.1, -0.05) is 20.8 Å². The second-order valence-corrected chi connectivity index (χ2v) is 4.45. The van der Waals surface area contributed by atoms with Crippen molar-refractivity contribution in [1.82, 2.24) is 9.97 Å². The van der Waals surface area contributed by atoms with Crippen molar-refractivity contribution in [2.24, 2.45) is 5.92 Å². The average Bonchev–Trinajstić information content (AvgIpc) is 2.16. The summed E-state index contributed by atoms with van der Waals surface area (Å²) in [6, 6.07) is 0. The van der Waals surface area contributed by atoms with E-state index in [2.05, 4.69) is 30.7 Å². The standard InChI is InChI=1S/C12H21N3O/c1-5-10-11(13)14-7-15-12(10)16-9(4)6-8(2)3/h7-9H,5-6H2,1-4H3,(H2,13,14,15). The van der Waals surface area contributed by atoms with Gasteiger partial charge in [-0.15, -0.1) is 0 Å². The number of nitrogens with zero attached hydrogens (tertiary/aromatic N) is 2. The molecule has 0 amide bonds. The summed E-state index contributed by atoms with van der Waals surface area (Å²) >= 11 is 0. The first kappa shape index (κ1) is 12.7. The molecule has 2 N–H and O–H groups in total. The van der Waals surface area contributed by atoms with Gasteiger partial charge in [-0.05, 0) is 25.7 Å². The summed E-state index contributed by atoms with van der Waals surface area (Å²) < 4.78 is 5.80. The predicted molar refractivity (Wildman–Crippen MR) is 65.4 cm³/mol. The maximum atomic E-state index is 5.80. The smallest absolute Gasteiger partial charge is 0.222 e. The Hall–Kier alpha value is -1.32. The molecular weight excluding hydrogens is 202 g/mol. The Balaban J connectivity index is 2.76. The third kappa shape index (κ3) is 3.36. The molecule has 0 aromatic carbocycles. The van der Waals surface area contributed by atoms with Crippen LogP contribution in [0.25, 0.3) is 0 Å². The minimum Gasteiger partial charge on any atom is -0.474 e. The van der Waals surface area contributed by atoms with E-state index in [0.29, 0.717) is 17.6 Å². The number of anilines is 1. The Labute approximate surface area is 97.2 Å². The van der Waals surface area contributed by atoms with Crippen molar-refractivity contribution in [3.8, 4) is 5.88 Å². The monoisotopic (exact) mass is 223 g/mol. The van der Waals surface area contributed by atoms with Crippen LogP contribution in [0.3, 0.4) is 0 Å². The second-order valence-electron chi connectivity index (χ2n) is 4.45. The Morgan fingerprint density at radius 2 is 2.00 bits per heavy atom. The zero-order valence-corrected chi connectivity index (χ0v) is 10.5. The number of rotatable bonds is 5. The minimum atomic E-state index is 0.152. The topological polar surface area (TPSA) is 61.0 Å². The minimum absolute atomic E-state index is 0.152. The molecular formula is C12H21N3O. The summed E-state index contributed by atoms with van der Waals surface area (Å²) in [5.74, 6) is 1.76. The molecule has 1 atom stereocenters. The van der Waals surface area contributed by atoms with Crippen LogP contribution >= 0.6 is 0 Å². The SMILES string of the molecule is CCc1c(N)ncnc1OC(C)CC(C)C. The van der Waals surface area contributed by atoms with Crippen LogP contribution in [0.4, 0.5) is 5.82 Å². The molecule has 0 fully saturated rings. The van der Waals surface area contributed by atoms with Crippen LogP contribution < -0.4 is 10.5 Å². The van der Waals surface area contributed by atoms with Crippen molar-refractivity contribution in [2.75, 3.05) is 5.73 Å². The van der Waals surface area contributed by atoms with Crippen molar-refractivity contribution in [2.45, 2.75) is 46.6 Å². The molecule has 0 spiro atoms. The number of nitrogens with two attached hydrogens (primary N) is 1. The van der Waals surface area contributed by atoms with Gasteiger partial charge in [0.25, 0.3) is 0 Å². The molecule has 0 radical (unpaired) electrons. The fraction of sp³-hybridized carbons (Fsp3) is 0.667. The molecule has 0 bridgehead atoms. The van der Waals surface area contributed by atoms with E-state index in [9.17, 15) is 0 Å². The first-order valence-electron chi connectivity index (χ1n) is 5.80. The van der Waals surface area contributed by atoms with Crippen LogP contribution in [0.2, 0.25) is 0 Å². The van der Waals surface area contributed by atoms with Gasteiger partial charge in [-0.25, -0.2) is 9.97 Å². The maximum Gasteiger partial charge on any atom is 0.222 e. The van der Waals surface area contributed by atoms with Gasteiger partial charge < -0.3 is 10.5 Å². The van der Waals surface area contributed by atoms with Crippen molar-refractivity contribution in [3.63, 3.8) is 0 Å². The number of hydrogen-bond acceptors (Lipinski definition) is 4. The number of ether oxygens (including phenoxy) is 1. The molecule has 0 aliphatic heterocycles. The normalized spacial score (nSPS) is 12.8. The number of hydrogen-bond donors (Lipinski definition) is 1. The van der Waals surface area contributed by atoms with E-state index in [1.54, 1.807) is 0 Å².